The summed E-state index contributed by atoms with van der Waals surface area (Å²) in [5.41, 5.74) is 0. The summed E-state index contributed by atoms with van der Waals surface area (Å²) in [6.07, 6.45) is 9.10. The minimum atomic E-state index is 0.690. The van der Waals surface area contributed by atoms with Gasteiger partial charge in [-0.1, -0.05) is 12.2 Å². The van der Waals surface area contributed by atoms with Gasteiger partial charge in [-0.05, 0) is 36.5 Å². The van der Waals surface area contributed by atoms with Crippen molar-refractivity contribution in [2.24, 2.45) is 23.7 Å². The third-order valence-corrected chi connectivity index (χ3v) is 4.19. The van der Waals surface area contributed by atoms with Crippen LogP contribution in [0.2, 0.25) is 0 Å². The van der Waals surface area contributed by atoms with Crippen LogP contribution in [0.15, 0.2) is 12.2 Å². The van der Waals surface area contributed by atoms with E-state index in [9.17, 15) is 0 Å². The Morgan fingerprint density at radius 3 is 2.91 bits per heavy atom. The maximum atomic E-state index is 5.59. The van der Waals surface area contributed by atoms with Crippen molar-refractivity contribution in [2.45, 2.75) is 25.0 Å². The first kappa shape index (κ1) is 5.36. The van der Waals surface area contributed by atoms with Gasteiger partial charge < -0.3 is 4.74 Å². The number of fused-ring (bicyclic) bond motifs is 7. The second-order valence-electron chi connectivity index (χ2n) is 4.56. The molecule has 4 aliphatic rings. The number of rotatable bonds is 0. The zero-order valence-corrected chi connectivity index (χ0v) is 6.44. The standard InChI is InChI=1S/C10H12O/c1-2-6-3-5(1)7-4-8-10(11-8)9(6)7/h1-2,5-10H,3-4H2/t5-,6+,7+,8-,9-,10-/m1/s1. The lowest BCUT2D eigenvalue weighted by atomic mass is 9.85. The highest BCUT2D eigenvalue weighted by Gasteiger charge is 2.62. The van der Waals surface area contributed by atoms with Crippen molar-refractivity contribution in [3.8, 4) is 0 Å². The van der Waals surface area contributed by atoms with Crippen LogP contribution in [-0.4, -0.2) is 12.2 Å². The first-order valence-corrected chi connectivity index (χ1v) is 4.77. The molecule has 1 aliphatic heterocycles. The molecule has 0 spiro atoms. The van der Waals surface area contributed by atoms with Gasteiger partial charge in [0.15, 0.2) is 0 Å². The minimum absolute atomic E-state index is 0.690. The van der Waals surface area contributed by atoms with Gasteiger partial charge in [-0.3, -0.25) is 0 Å². The van der Waals surface area contributed by atoms with Gasteiger partial charge in [0.25, 0.3) is 0 Å². The van der Waals surface area contributed by atoms with Crippen molar-refractivity contribution in [3.63, 3.8) is 0 Å². The molecule has 0 unspecified atom stereocenters. The lowest BCUT2D eigenvalue weighted by Crippen LogP contribution is -2.19. The smallest absolute Gasteiger partial charge is 0.0878 e. The summed E-state index contributed by atoms with van der Waals surface area (Å²) in [6.45, 7) is 0. The summed E-state index contributed by atoms with van der Waals surface area (Å²) in [7, 11) is 0. The SMILES string of the molecule is C1=C[C@H]2C[C@@H]1[C@@H]1C[C@H]3O[C@H]3[C@@H]12. The fourth-order valence-electron chi connectivity index (χ4n) is 3.73. The van der Waals surface area contributed by atoms with Crippen LogP contribution in [-0.2, 0) is 4.74 Å². The summed E-state index contributed by atoms with van der Waals surface area (Å²) in [5, 5.41) is 0. The van der Waals surface area contributed by atoms with Crippen molar-refractivity contribution in [3.05, 3.63) is 12.2 Å². The predicted octanol–water partition coefficient (Wildman–Crippen LogP) is 1.60. The lowest BCUT2D eigenvalue weighted by molar-refractivity contribution is 0.192. The quantitative estimate of drug-likeness (QED) is 0.375. The fraction of sp³-hybridized carbons (Fsp3) is 0.800. The van der Waals surface area contributed by atoms with Gasteiger partial charge in [0.05, 0.1) is 12.2 Å². The average Bonchev–Trinajstić information content (AvgIpc) is 2.53. The highest BCUT2D eigenvalue weighted by molar-refractivity contribution is 5.21. The molecule has 1 nitrogen and oxygen atoms in total. The number of allylic oxidation sites excluding steroid dienone is 2. The van der Waals surface area contributed by atoms with Crippen LogP contribution in [0.25, 0.3) is 0 Å². The number of hydrogen-bond donors (Lipinski definition) is 0. The first-order chi connectivity index (χ1) is 5.43. The van der Waals surface area contributed by atoms with E-state index in [4.69, 9.17) is 4.74 Å². The van der Waals surface area contributed by atoms with Crippen LogP contribution >= 0.6 is 0 Å². The van der Waals surface area contributed by atoms with Gasteiger partial charge in [-0.15, -0.1) is 0 Å². The summed E-state index contributed by atoms with van der Waals surface area (Å²) in [6, 6.07) is 0. The monoisotopic (exact) mass is 148 g/mol. The van der Waals surface area contributed by atoms with Gasteiger partial charge in [-0.25, -0.2) is 0 Å². The molecule has 11 heavy (non-hydrogen) atoms. The summed E-state index contributed by atoms with van der Waals surface area (Å²) >= 11 is 0. The van der Waals surface area contributed by atoms with E-state index in [-0.39, 0.29) is 0 Å². The molecular formula is C10H12O. The van der Waals surface area contributed by atoms with Crippen LogP contribution in [0.4, 0.5) is 0 Å². The Morgan fingerprint density at radius 2 is 2.00 bits per heavy atom. The third kappa shape index (κ3) is 0.478. The van der Waals surface area contributed by atoms with Crippen LogP contribution < -0.4 is 0 Å². The molecule has 0 aromatic rings. The Labute approximate surface area is 66.4 Å². The van der Waals surface area contributed by atoms with Crippen molar-refractivity contribution in [2.75, 3.05) is 0 Å². The predicted molar refractivity (Wildman–Crippen MR) is 41.0 cm³/mol. The van der Waals surface area contributed by atoms with Crippen molar-refractivity contribution in [1.82, 2.24) is 0 Å². The minimum Gasteiger partial charge on any atom is -0.369 e. The van der Waals surface area contributed by atoms with Gasteiger partial charge >= 0.3 is 0 Å². The van der Waals surface area contributed by atoms with E-state index in [2.05, 4.69) is 12.2 Å². The molecule has 0 aromatic carbocycles. The van der Waals surface area contributed by atoms with Gasteiger partial charge in [-0.2, -0.15) is 0 Å². The normalized spacial score (nSPS) is 68.4. The summed E-state index contributed by atoms with van der Waals surface area (Å²) in [4.78, 5) is 0. The van der Waals surface area contributed by atoms with Crippen molar-refractivity contribution < 1.29 is 4.74 Å². The van der Waals surface area contributed by atoms with E-state index in [1.165, 1.54) is 12.8 Å². The molecule has 6 atom stereocenters. The molecule has 1 heterocycles. The Kier molecular flexibility index (Phi) is 0.695. The molecule has 58 valence electrons. The molecule has 0 amide bonds. The molecule has 3 fully saturated rings. The van der Waals surface area contributed by atoms with Crippen LogP contribution in [0, 0.1) is 23.7 Å². The van der Waals surface area contributed by atoms with E-state index >= 15 is 0 Å². The second kappa shape index (κ2) is 1.42. The molecule has 0 radical (unpaired) electrons. The Bertz CT molecular complexity index is 245. The zero-order valence-electron chi connectivity index (χ0n) is 6.44. The number of ether oxygens (including phenoxy) is 1. The zero-order chi connectivity index (χ0) is 7.00. The largest absolute Gasteiger partial charge is 0.369 e. The molecular weight excluding hydrogens is 136 g/mol. The molecule has 2 bridgehead atoms. The second-order valence-corrected chi connectivity index (χ2v) is 4.56. The molecule has 0 N–H and O–H groups in total. The molecule has 0 aromatic heterocycles. The Hall–Kier alpha value is -0.300. The number of hydrogen-bond acceptors (Lipinski definition) is 1. The molecule has 2 saturated carbocycles. The maximum Gasteiger partial charge on any atom is 0.0878 e. The van der Waals surface area contributed by atoms with E-state index in [0.717, 1.165) is 23.7 Å². The van der Waals surface area contributed by atoms with E-state index < -0.39 is 0 Å². The van der Waals surface area contributed by atoms with Gasteiger partial charge in [0.1, 0.15) is 0 Å². The van der Waals surface area contributed by atoms with E-state index in [0.29, 0.717) is 12.2 Å². The first-order valence-electron chi connectivity index (χ1n) is 4.77. The van der Waals surface area contributed by atoms with Crippen molar-refractivity contribution >= 4 is 0 Å². The van der Waals surface area contributed by atoms with Crippen LogP contribution in [0.3, 0.4) is 0 Å². The maximum absolute atomic E-state index is 5.59. The van der Waals surface area contributed by atoms with Crippen molar-refractivity contribution in [1.29, 1.82) is 0 Å². The molecule has 1 saturated heterocycles. The van der Waals surface area contributed by atoms with Gasteiger partial charge in [0, 0.05) is 0 Å². The summed E-state index contributed by atoms with van der Waals surface area (Å²) < 4.78 is 5.59. The van der Waals surface area contributed by atoms with E-state index in [1.807, 2.05) is 0 Å². The molecule has 3 aliphatic carbocycles. The number of epoxide rings is 1. The summed E-state index contributed by atoms with van der Waals surface area (Å²) in [5.74, 6) is 3.81. The third-order valence-electron chi connectivity index (χ3n) is 4.19. The average molecular weight is 148 g/mol. The lowest BCUT2D eigenvalue weighted by Gasteiger charge is -2.21. The molecule has 1 heteroatoms. The highest BCUT2D eigenvalue weighted by atomic mass is 16.6. The van der Waals surface area contributed by atoms with E-state index in [1.54, 1.807) is 0 Å². The van der Waals surface area contributed by atoms with Gasteiger partial charge in [0.2, 0.25) is 0 Å². The van der Waals surface area contributed by atoms with Crippen LogP contribution in [0.1, 0.15) is 12.8 Å². The fourth-order valence-corrected chi connectivity index (χ4v) is 3.73. The topological polar surface area (TPSA) is 12.5 Å². The Morgan fingerprint density at radius 1 is 1.09 bits per heavy atom. The molecule has 4 rings (SSSR count). The Balaban J connectivity index is 1.81. The van der Waals surface area contributed by atoms with Crippen LogP contribution in [0.5, 0.6) is 0 Å². The highest BCUT2D eigenvalue weighted by Crippen LogP contribution is 2.61.